The predicted octanol–water partition coefficient (Wildman–Crippen LogP) is 2.96. The Morgan fingerprint density at radius 2 is 2.09 bits per heavy atom. The van der Waals surface area contributed by atoms with E-state index in [-0.39, 0.29) is 23.9 Å². The fourth-order valence-corrected chi connectivity index (χ4v) is 5.68. The molecule has 0 bridgehead atoms. The zero-order valence-electron chi connectivity index (χ0n) is 19.0. The molecule has 33 heavy (non-hydrogen) atoms. The summed E-state index contributed by atoms with van der Waals surface area (Å²) in [7, 11) is 0. The lowest BCUT2D eigenvalue weighted by Gasteiger charge is -2.34. The SMILES string of the molecule is CC(=O)Nc1sccc1C(=O)N1CCCC[C@@H]1c1cc2nc(N3CC[C@H](N)C3)c(C)cn2n1. The zero-order valence-corrected chi connectivity index (χ0v) is 19.8. The third-order valence-electron chi connectivity index (χ3n) is 6.44. The Morgan fingerprint density at radius 3 is 2.85 bits per heavy atom. The second-order valence-electron chi connectivity index (χ2n) is 8.97. The summed E-state index contributed by atoms with van der Waals surface area (Å²) in [6.45, 7) is 5.88. The molecule has 2 fully saturated rings. The number of aromatic nitrogens is 3. The number of nitrogens with one attached hydrogen (secondary N) is 1. The summed E-state index contributed by atoms with van der Waals surface area (Å²) in [6, 6.07) is 3.84. The van der Waals surface area contributed by atoms with Gasteiger partial charge in [-0.3, -0.25) is 9.59 Å². The third-order valence-corrected chi connectivity index (χ3v) is 7.27. The first-order valence-electron chi connectivity index (χ1n) is 11.4. The predicted molar refractivity (Wildman–Crippen MR) is 129 cm³/mol. The van der Waals surface area contributed by atoms with Crippen LogP contribution in [0.4, 0.5) is 10.8 Å². The molecule has 10 heteroatoms. The number of aryl methyl sites for hydroxylation is 1. The van der Waals surface area contributed by atoms with Gasteiger partial charge in [-0.1, -0.05) is 0 Å². The highest BCUT2D eigenvalue weighted by molar-refractivity contribution is 7.14. The number of piperidine rings is 1. The first-order chi connectivity index (χ1) is 15.9. The number of hydrogen-bond donors (Lipinski definition) is 2. The van der Waals surface area contributed by atoms with Crippen molar-refractivity contribution >= 4 is 39.6 Å². The molecule has 2 aliphatic rings. The van der Waals surface area contributed by atoms with Crippen LogP contribution in [0.1, 0.15) is 60.3 Å². The van der Waals surface area contributed by atoms with E-state index in [1.165, 1.54) is 18.3 Å². The van der Waals surface area contributed by atoms with Gasteiger partial charge in [0.2, 0.25) is 5.91 Å². The molecule has 0 radical (unpaired) electrons. The minimum Gasteiger partial charge on any atom is -0.355 e. The summed E-state index contributed by atoms with van der Waals surface area (Å²) in [6.07, 6.45) is 5.81. The van der Waals surface area contributed by atoms with E-state index in [1.54, 1.807) is 6.07 Å². The van der Waals surface area contributed by atoms with Gasteiger partial charge in [0.25, 0.3) is 5.91 Å². The van der Waals surface area contributed by atoms with E-state index in [2.05, 4.69) is 10.2 Å². The Hall–Kier alpha value is -2.98. The average Bonchev–Trinajstić information content (AvgIpc) is 3.52. The molecule has 5 rings (SSSR count). The number of thiophene rings is 1. The van der Waals surface area contributed by atoms with E-state index in [0.29, 0.717) is 17.1 Å². The van der Waals surface area contributed by atoms with Gasteiger partial charge in [0.05, 0.1) is 17.3 Å². The van der Waals surface area contributed by atoms with Gasteiger partial charge in [0.1, 0.15) is 10.8 Å². The van der Waals surface area contributed by atoms with Crippen LogP contribution in [0.25, 0.3) is 5.65 Å². The van der Waals surface area contributed by atoms with E-state index < -0.39 is 0 Å². The Kier molecular flexibility index (Phi) is 5.79. The van der Waals surface area contributed by atoms with Crippen LogP contribution in [0, 0.1) is 6.92 Å². The second kappa shape index (κ2) is 8.75. The van der Waals surface area contributed by atoms with E-state index in [4.69, 9.17) is 15.8 Å². The van der Waals surface area contributed by atoms with Crippen LogP contribution in [0.2, 0.25) is 0 Å². The maximum Gasteiger partial charge on any atom is 0.257 e. The van der Waals surface area contributed by atoms with Crippen molar-refractivity contribution in [2.45, 2.75) is 51.6 Å². The van der Waals surface area contributed by atoms with Crippen LogP contribution >= 0.6 is 11.3 Å². The molecule has 2 saturated heterocycles. The molecule has 0 spiro atoms. The van der Waals surface area contributed by atoms with Gasteiger partial charge in [-0.2, -0.15) is 5.10 Å². The number of nitrogens with zero attached hydrogens (tertiary/aromatic N) is 5. The van der Waals surface area contributed by atoms with Crippen molar-refractivity contribution < 1.29 is 9.59 Å². The van der Waals surface area contributed by atoms with Crippen molar-refractivity contribution in [3.8, 4) is 0 Å². The molecule has 5 heterocycles. The molecular weight excluding hydrogens is 438 g/mol. The fraction of sp³-hybridized carbons (Fsp3) is 0.478. The van der Waals surface area contributed by atoms with Crippen molar-refractivity contribution in [2.24, 2.45) is 5.73 Å². The topological polar surface area (TPSA) is 109 Å². The summed E-state index contributed by atoms with van der Waals surface area (Å²) in [4.78, 5) is 34.1. The lowest BCUT2D eigenvalue weighted by atomic mass is 9.98. The number of nitrogens with two attached hydrogens (primary N) is 1. The van der Waals surface area contributed by atoms with Crippen molar-refractivity contribution in [3.63, 3.8) is 0 Å². The van der Waals surface area contributed by atoms with Crippen molar-refractivity contribution in [1.29, 1.82) is 0 Å². The molecule has 0 aliphatic carbocycles. The maximum atomic E-state index is 13.5. The lowest BCUT2D eigenvalue weighted by molar-refractivity contribution is -0.114. The summed E-state index contributed by atoms with van der Waals surface area (Å²) < 4.78 is 1.81. The van der Waals surface area contributed by atoms with Gasteiger partial charge in [-0.25, -0.2) is 9.50 Å². The van der Waals surface area contributed by atoms with E-state index in [0.717, 1.165) is 61.5 Å². The number of rotatable bonds is 4. The molecule has 9 nitrogen and oxygen atoms in total. The number of carbonyl (C=O) groups is 2. The number of amides is 2. The molecule has 3 aromatic rings. The van der Waals surface area contributed by atoms with Gasteiger partial charge >= 0.3 is 0 Å². The Labute approximate surface area is 196 Å². The molecule has 2 aliphatic heterocycles. The highest BCUT2D eigenvalue weighted by Crippen LogP contribution is 2.35. The molecule has 3 aromatic heterocycles. The van der Waals surface area contributed by atoms with Gasteiger partial charge < -0.3 is 20.9 Å². The molecule has 2 atom stereocenters. The lowest BCUT2D eigenvalue weighted by Crippen LogP contribution is -2.38. The zero-order chi connectivity index (χ0) is 23.1. The number of hydrogen-bond acceptors (Lipinski definition) is 7. The Bertz CT molecular complexity index is 1200. The molecule has 3 N–H and O–H groups in total. The first-order valence-corrected chi connectivity index (χ1v) is 12.3. The molecule has 0 aromatic carbocycles. The maximum absolute atomic E-state index is 13.5. The van der Waals surface area contributed by atoms with Crippen molar-refractivity contribution in [3.05, 3.63) is 40.5 Å². The van der Waals surface area contributed by atoms with E-state index >= 15 is 0 Å². The summed E-state index contributed by atoms with van der Waals surface area (Å²) in [5.41, 5.74) is 9.32. The average molecular weight is 468 g/mol. The number of likely N-dealkylation sites (tertiary alicyclic amines) is 1. The van der Waals surface area contributed by atoms with Crippen molar-refractivity contribution in [1.82, 2.24) is 19.5 Å². The van der Waals surface area contributed by atoms with Crippen LogP contribution in [0.5, 0.6) is 0 Å². The summed E-state index contributed by atoms with van der Waals surface area (Å²) in [5.74, 6) is 0.701. The quantitative estimate of drug-likeness (QED) is 0.611. The molecule has 174 valence electrons. The van der Waals surface area contributed by atoms with Gasteiger partial charge in [-0.05, 0) is 44.1 Å². The van der Waals surface area contributed by atoms with Crippen LogP contribution in [0.3, 0.4) is 0 Å². The van der Waals surface area contributed by atoms with Gasteiger partial charge in [0, 0.05) is 50.4 Å². The largest absolute Gasteiger partial charge is 0.355 e. The standard InChI is InChI=1S/C23H29N7O2S/c1-14-12-30-20(26-21(14)28-9-6-16(24)13-28)11-18(27-30)19-5-3-4-8-29(19)23(32)17-7-10-33-22(17)25-15(2)31/h7,10-12,16,19H,3-6,8-9,13,24H2,1-2H3,(H,25,31)/t16-,19+/m0/s1. The third kappa shape index (κ3) is 4.20. The molecular formula is C23H29N7O2S. The molecule has 2 amide bonds. The first kappa shape index (κ1) is 21.8. The number of carbonyl (C=O) groups excluding carboxylic acids is 2. The van der Waals surface area contributed by atoms with Crippen LogP contribution in [0.15, 0.2) is 23.7 Å². The van der Waals surface area contributed by atoms with Crippen LogP contribution < -0.4 is 16.0 Å². The van der Waals surface area contributed by atoms with E-state index in [9.17, 15) is 9.59 Å². The highest BCUT2D eigenvalue weighted by atomic mass is 32.1. The van der Waals surface area contributed by atoms with Gasteiger partial charge in [-0.15, -0.1) is 11.3 Å². The monoisotopic (exact) mass is 467 g/mol. The summed E-state index contributed by atoms with van der Waals surface area (Å²) >= 11 is 1.36. The highest BCUT2D eigenvalue weighted by Gasteiger charge is 2.32. The van der Waals surface area contributed by atoms with Gasteiger partial charge in [0.15, 0.2) is 5.65 Å². The number of anilines is 2. The minimum atomic E-state index is -0.182. The van der Waals surface area contributed by atoms with Crippen LogP contribution in [-0.4, -0.2) is 57.0 Å². The Balaban J connectivity index is 1.45. The molecule has 0 unspecified atom stereocenters. The molecule has 0 saturated carbocycles. The van der Waals surface area contributed by atoms with Crippen molar-refractivity contribution in [2.75, 3.05) is 29.9 Å². The summed E-state index contributed by atoms with van der Waals surface area (Å²) in [5, 5.41) is 10.0. The number of fused-ring (bicyclic) bond motifs is 1. The normalized spacial score (nSPS) is 21.1. The fourth-order valence-electron chi connectivity index (χ4n) is 4.85. The second-order valence-corrected chi connectivity index (χ2v) is 9.89. The van der Waals surface area contributed by atoms with Crippen LogP contribution in [-0.2, 0) is 4.79 Å². The smallest absolute Gasteiger partial charge is 0.257 e. The van der Waals surface area contributed by atoms with E-state index in [1.807, 2.05) is 34.0 Å². The Morgan fingerprint density at radius 1 is 1.24 bits per heavy atom. The minimum absolute atomic E-state index is 0.0716.